The third kappa shape index (κ3) is 2.31. The highest BCUT2D eigenvalue weighted by Gasteiger charge is 2.43. The zero-order valence-corrected chi connectivity index (χ0v) is 11.8. The lowest BCUT2D eigenvalue weighted by Crippen LogP contribution is -2.47. The van der Waals surface area contributed by atoms with E-state index in [1.807, 2.05) is 6.92 Å². The van der Waals surface area contributed by atoms with Gasteiger partial charge >= 0.3 is 5.97 Å². The third-order valence-corrected chi connectivity index (χ3v) is 3.60. The van der Waals surface area contributed by atoms with Crippen molar-refractivity contribution in [3.63, 3.8) is 0 Å². The fraction of sp³-hybridized carbons (Fsp3) is 0.400. The molecule has 0 aliphatic carbocycles. The monoisotopic (exact) mass is 275 g/mol. The molecule has 1 aliphatic heterocycles. The molecule has 0 atom stereocenters. The summed E-state index contributed by atoms with van der Waals surface area (Å²) in [7, 11) is 0. The Morgan fingerprint density at radius 3 is 2.40 bits per heavy atom. The first kappa shape index (κ1) is 14.2. The molecule has 1 aromatic rings. The molecular formula is C15H17NO4. The summed E-state index contributed by atoms with van der Waals surface area (Å²) in [4.78, 5) is 36.7. The highest BCUT2D eigenvalue weighted by atomic mass is 16.4. The van der Waals surface area contributed by atoms with E-state index in [1.165, 1.54) is 4.90 Å². The number of fused-ring (bicyclic) bond motifs is 1. The van der Waals surface area contributed by atoms with Crippen molar-refractivity contribution in [2.24, 2.45) is 0 Å². The fourth-order valence-electron chi connectivity index (χ4n) is 2.43. The number of aryl methyl sites for hydroxylation is 1. The van der Waals surface area contributed by atoms with Crippen LogP contribution in [0.2, 0.25) is 0 Å². The van der Waals surface area contributed by atoms with Crippen LogP contribution in [-0.2, 0) is 4.79 Å². The minimum atomic E-state index is -0.939. The zero-order valence-electron chi connectivity index (χ0n) is 11.8. The number of hydrogen-bond donors (Lipinski definition) is 1. The van der Waals surface area contributed by atoms with E-state index in [1.54, 1.807) is 32.0 Å². The average Bonchev–Trinajstić information content (AvgIpc) is 2.59. The molecule has 1 aromatic carbocycles. The molecule has 5 nitrogen and oxygen atoms in total. The lowest BCUT2D eigenvalue weighted by molar-refractivity contribution is -0.137. The van der Waals surface area contributed by atoms with Crippen LogP contribution in [0.25, 0.3) is 0 Å². The molecule has 106 valence electrons. The Kier molecular flexibility index (Phi) is 3.38. The summed E-state index contributed by atoms with van der Waals surface area (Å²) in [5.41, 5.74) is 0.886. The summed E-state index contributed by atoms with van der Waals surface area (Å²) in [6, 6.07) is 5.14. The highest BCUT2D eigenvalue weighted by molar-refractivity contribution is 6.21. The second-order valence-electron chi connectivity index (χ2n) is 5.70. The van der Waals surface area contributed by atoms with Gasteiger partial charge in [0.2, 0.25) is 0 Å². The average molecular weight is 275 g/mol. The molecule has 0 saturated carbocycles. The van der Waals surface area contributed by atoms with Gasteiger partial charge in [0.05, 0.1) is 11.1 Å². The van der Waals surface area contributed by atoms with Crippen molar-refractivity contribution in [1.82, 2.24) is 4.90 Å². The number of aliphatic carboxylic acids is 1. The van der Waals surface area contributed by atoms with Gasteiger partial charge in [-0.15, -0.1) is 0 Å². The first-order valence-corrected chi connectivity index (χ1v) is 6.45. The molecule has 2 amide bonds. The number of benzene rings is 1. The molecule has 1 N–H and O–H groups in total. The lowest BCUT2D eigenvalue weighted by atomic mass is 9.96. The molecule has 0 aromatic heterocycles. The molecule has 0 fully saturated rings. The molecule has 2 rings (SSSR count). The van der Waals surface area contributed by atoms with Crippen molar-refractivity contribution in [3.05, 3.63) is 34.9 Å². The summed E-state index contributed by atoms with van der Waals surface area (Å²) in [6.07, 6.45) is 0.145. The Labute approximate surface area is 117 Å². The first-order chi connectivity index (χ1) is 9.24. The van der Waals surface area contributed by atoms with Crippen LogP contribution in [0, 0.1) is 6.92 Å². The lowest BCUT2D eigenvalue weighted by Gasteiger charge is -2.33. The van der Waals surface area contributed by atoms with E-state index in [9.17, 15) is 14.4 Å². The van der Waals surface area contributed by atoms with Gasteiger partial charge in [-0.05, 0) is 39.3 Å². The van der Waals surface area contributed by atoms with Gasteiger partial charge in [0.1, 0.15) is 0 Å². The van der Waals surface area contributed by atoms with Gasteiger partial charge in [-0.1, -0.05) is 11.6 Å². The SMILES string of the molecule is Cc1ccc2c(c1)C(=O)N(C(C)(C)CCC(=O)O)C2=O. The maximum Gasteiger partial charge on any atom is 0.303 e. The van der Waals surface area contributed by atoms with E-state index in [-0.39, 0.29) is 24.7 Å². The van der Waals surface area contributed by atoms with E-state index >= 15 is 0 Å². The van der Waals surface area contributed by atoms with Gasteiger partial charge in [0.15, 0.2) is 0 Å². The molecule has 0 bridgehead atoms. The van der Waals surface area contributed by atoms with E-state index in [4.69, 9.17) is 5.11 Å². The molecule has 1 aliphatic rings. The van der Waals surface area contributed by atoms with Crippen molar-refractivity contribution < 1.29 is 19.5 Å². The van der Waals surface area contributed by atoms with Crippen LogP contribution in [-0.4, -0.2) is 33.3 Å². The molecule has 0 saturated heterocycles. The van der Waals surface area contributed by atoms with Crippen LogP contribution in [0.15, 0.2) is 18.2 Å². The highest BCUT2D eigenvalue weighted by Crippen LogP contribution is 2.32. The van der Waals surface area contributed by atoms with Gasteiger partial charge < -0.3 is 5.11 Å². The van der Waals surface area contributed by atoms with E-state index in [0.717, 1.165) is 5.56 Å². The van der Waals surface area contributed by atoms with Gasteiger partial charge in [-0.25, -0.2) is 0 Å². The molecular weight excluding hydrogens is 258 g/mol. The summed E-state index contributed by atoms with van der Waals surface area (Å²) >= 11 is 0. The van der Waals surface area contributed by atoms with Crippen LogP contribution in [0.1, 0.15) is 53.0 Å². The third-order valence-electron chi connectivity index (χ3n) is 3.60. The first-order valence-electron chi connectivity index (χ1n) is 6.45. The van der Waals surface area contributed by atoms with Crippen molar-refractivity contribution in [1.29, 1.82) is 0 Å². The molecule has 0 radical (unpaired) electrons. The normalized spacial score (nSPS) is 14.7. The molecule has 20 heavy (non-hydrogen) atoms. The Bertz CT molecular complexity index is 604. The molecule has 1 heterocycles. The summed E-state index contributed by atoms with van der Waals surface area (Å²) in [5.74, 6) is -1.63. The Hall–Kier alpha value is -2.17. The minimum Gasteiger partial charge on any atom is -0.481 e. The van der Waals surface area contributed by atoms with Crippen molar-refractivity contribution in [2.45, 2.75) is 39.2 Å². The smallest absolute Gasteiger partial charge is 0.303 e. The standard InChI is InChI=1S/C15H17NO4/c1-9-4-5-10-11(8-9)14(20)16(13(10)19)15(2,3)7-6-12(17)18/h4-5,8H,6-7H2,1-3H3,(H,17,18). The second kappa shape index (κ2) is 4.74. The number of carbonyl (C=O) groups excluding carboxylic acids is 2. The van der Waals surface area contributed by atoms with Crippen molar-refractivity contribution >= 4 is 17.8 Å². The summed E-state index contributed by atoms with van der Waals surface area (Å²) in [6.45, 7) is 5.28. The second-order valence-corrected chi connectivity index (χ2v) is 5.70. The Morgan fingerprint density at radius 1 is 1.20 bits per heavy atom. The van der Waals surface area contributed by atoms with Crippen LogP contribution in [0.4, 0.5) is 0 Å². The Balaban J connectivity index is 2.34. The number of carbonyl (C=O) groups is 3. The van der Waals surface area contributed by atoms with Crippen molar-refractivity contribution in [2.75, 3.05) is 0 Å². The fourth-order valence-corrected chi connectivity index (χ4v) is 2.43. The number of nitrogens with zero attached hydrogens (tertiary/aromatic N) is 1. The molecule has 0 spiro atoms. The number of imide groups is 1. The summed E-state index contributed by atoms with van der Waals surface area (Å²) in [5, 5.41) is 8.77. The number of hydrogen-bond acceptors (Lipinski definition) is 3. The topological polar surface area (TPSA) is 74.7 Å². The van der Waals surface area contributed by atoms with Crippen LogP contribution >= 0.6 is 0 Å². The molecule has 5 heteroatoms. The number of rotatable bonds is 4. The maximum atomic E-state index is 12.4. The Morgan fingerprint density at radius 2 is 1.80 bits per heavy atom. The van der Waals surface area contributed by atoms with Gasteiger partial charge in [0.25, 0.3) is 11.8 Å². The van der Waals surface area contributed by atoms with E-state index in [0.29, 0.717) is 11.1 Å². The largest absolute Gasteiger partial charge is 0.481 e. The predicted octanol–water partition coefficient (Wildman–Crippen LogP) is 2.23. The maximum absolute atomic E-state index is 12.4. The van der Waals surface area contributed by atoms with E-state index in [2.05, 4.69) is 0 Å². The van der Waals surface area contributed by atoms with Crippen molar-refractivity contribution in [3.8, 4) is 0 Å². The van der Waals surface area contributed by atoms with Crippen LogP contribution < -0.4 is 0 Å². The van der Waals surface area contributed by atoms with Gasteiger partial charge in [-0.3, -0.25) is 19.3 Å². The molecule has 0 unspecified atom stereocenters. The minimum absolute atomic E-state index is 0.0839. The number of carboxylic acid groups (broad SMARTS) is 1. The number of carboxylic acids is 1. The number of amides is 2. The predicted molar refractivity (Wildman–Crippen MR) is 72.6 cm³/mol. The summed E-state index contributed by atoms with van der Waals surface area (Å²) < 4.78 is 0. The van der Waals surface area contributed by atoms with E-state index < -0.39 is 11.5 Å². The van der Waals surface area contributed by atoms with Gasteiger partial charge in [0, 0.05) is 12.0 Å². The van der Waals surface area contributed by atoms with Gasteiger partial charge in [-0.2, -0.15) is 0 Å². The quantitative estimate of drug-likeness (QED) is 0.855. The zero-order chi connectivity index (χ0) is 15.1. The van der Waals surface area contributed by atoms with Crippen LogP contribution in [0.3, 0.4) is 0 Å². The van der Waals surface area contributed by atoms with Crippen LogP contribution in [0.5, 0.6) is 0 Å².